The fourth-order valence-electron chi connectivity index (χ4n) is 10.7. The molecule has 1 atom stereocenters. The molecule has 0 aliphatic carbocycles. The van der Waals surface area contributed by atoms with Crippen molar-refractivity contribution in [2.75, 3.05) is 13.2 Å². The Morgan fingerprint density at radius 2 is 0.470 bits per heavy atom. The third-order valence-electron chi connectivity index (χ3n) is 16.2. The molecule has 0 saturated carbocycles. The smallest absolute Gasteiger partial charge is 0.306 e. The Balaban J connectivity index is 4.30. The number of esters is 3. The highest BCUT2D eigenvalue weighted by atomic mass is 16.6. The highest BCUT2D eigenvalue weighted by Crippen LogP contribution is 2.18. The van der Waals surface area contributed by atoms with Crippen molar-refractivity contribution < 1.29 is 28.6 Å². The van der Waals surface area contributed by atoms with Gasteiger partial charge < -0.3 is 14.2 Å². The zero-order valence-electron chi connectivity index (χ0n) is 55.5. The van der Waals surface area contributed by atoms with Crippen LogP contribution < -0.4 is 0 Å². The van der Waals surface area contributed by atoms with Crippen LogP contribution in [0, 0.1) is 0 Å². The van der Waals surface area contributed by atoms with Crippen LogP contribution in [0.4, 0.5) is 0 Å². The molecule has 0 bridgehead atoms. The number of hydrogen-bond acceptors (Lipinski definition) is 6. The minimum atomic E-state index is -0.794. The summed E-state index contributed by atoms with van der Waals surface area (Å²) in [5.74, 6) is -0.908. The summed E-state index contributed by atoms with van der Waals surface area (Å²) >= 11 is 0. The Morgan fingerprint density at radius 3 is 0.771 bits per heavy atom. The summed E-state index contributed by atoms with van der Waals surface area (Å²) in [5, 5.41) is 0. The molecule has 0 radical (unpaired) electrons. The summed E-state index contributed by atoms with van der Waals surface area (Å²) in [6, 6.07) is 0. The van der Waals surface area contributed by atoms with Crippen LogP contribution in [0.2, 0.25) is 0 Å². The second-order valence-electron chi connectivity index (χ2n) is 24.5. The van der Waals surface area contributed by atoms with E-state index in [1.54, 1.807) is 0 Å². The maximum Gasteiger partial charge on any atom is 0.306 e. The second-order valence-corrected chi connectivity index (χ2v) is 24.5. The van der Waals surface area contributed by atoms with Crippen LogP contribution in [0.25, 0.3) is 0 Å². The van der Waals surface area contributed by atoms with Crippen molar-refractivity contribution in [3.05, 3.63) is 72.9 Å². The first kappa shape index (κ1) is 79.8. The number of carbonyl (C=O) groups excluding carboxylic acids is 3. The fraction of sp³-hybridized carbons (Fsp3) is 0.805. The van der Waals surface area contributed by atoms with E-state index in [4.69, 9.17) is 14.2 Å². The van der Waals surface area contributed by atoms with E-state index in [-0.39, 0.29) is 31.1 Å². The molecular formula is C77H138O6. The molecule has 482 valence electrons. The Bertz CT molecular complexity index is 1520. The van der Waals surface area contributed by atoms with Crippen molar-refractivity contribution in [2.24, 2.45) is 0 Å². The van der Waals surface area contributed by atoms with Gasteiger partial charge in [0.05, 0.1) is 0 Å². The third-order valence-corrected chi connectivity index (χ3v) is 16.2. The van der Waals surface area contributed by atoms with Gasteiger partial charge in [-0.25, -0.2) is 0 Å². The zero-order valence-corrected chi connectivity index (χ0v) is 55.5. The average molecular weight is 1160 g/mol. The van der Waals surface area contributed by atoms with Gasteiger partial charge >= 0.3 is 17.9 Å². The molecule has 0 aromatic rings. The van der Waals surface area contributed by atoms with E-state index in [0.717, 1.165) is 83.5 Å². The van der Waals surface area contributed by atoms with Crippen molar-refractivity contribution in [2.45, 2.75) is 386 Å². The molecule has 0 aromatic carbocycles. The molecule has 0 aliphatic rings. The van der Waals surface area contributed by atoms with Crippen LogP contribution >= 0.6 is 0 Å². The van der Waals surface area contributed by atoms with Gasteiger partial charge in [0.2, 0.25) is 0 Å². The molecule has 6 heteroatoms. The van der Waals surface area contributed by atoms with Crippen molar-refractivity contribution in [1.82, 2.24) is 0 Å². The lowest BCUT2D eigenvalue weighted by atomic mass is 10.0. The summed E-state index contributed by atoms with van der Waals surface area (Å²) in [7, 11) is 0. The quantitative estimate of drug-likeness (QED) is 0.0261. The molecule has 6 nitrogen and oxygen atoms in total. The SMILES string of the molecule is CC/C=C\C/C=C\C/C=C\C/C=C\CCCCC(=O)OCC(COC(=O)CCCCCCCCCCCCCCC/C=C\CCCCCCCCCC)OC(=O)CCCCCCCCCCCCCCC/C=C\CCCCCCCCCC. The fourth-order valence-corrected chi connectivity index (χ4v) is 10.7. The maximum atomic E-state index is 13.0. The number of hydrogen-bond donors (Lipinski definition) is 0. The van der Waals surface area contributed by atoms with Crippen LogP contribution in [-0.4, -0.2) is 37.2 Å². The van der Waals surface area contributed by atoms with Crippen LogP contribution in [0.1, 0.15) is 380 Å². The van der Waals surface area contributed by atoms with E-state index in [1.807, 2.05) is 0 Å². The van der Waals surface area contributed by atoms with E-state index < -0.39 is 6.10 Å². The predicted molar refractivity (Wildman–Crippen MR) is 362 cm³/mol. The van der Waals surface area contributed by atoms with Crippen molar-refractivity contribution in [3.8, 4) is 0 Å². The standard InChI is InChI=1S/C77H138O6/c1-4-7-10-13-16-19-22-25-28-30-32-34-36-38-40-42-44-46-49-52-55-58-61-64-67-70-76(79)82-73-74(72-81-75(78)69-66-63-60-57-54-51-48-27-24-21-18-15-12-9-6-3)83-77(80)71-68-65-62-59-56-53-50-47-45-43-41-39-37-35-33-31-29-26-23-20-17-14-11-8-5-2/h9,12,18,21,27,30-33,48,54,57,74H,4-8,10-11,13-17,19-20,22-26,28-29,34-47,49-53,55-56,58-73H2,1-3H3/b12-9-,21-18-,32-30-,33-31-,48-27-,57-54-. The van der Waals surface area contributed by atoms with Gasteiger partial charge in [-0.1, -0.05) is 325 Å². The first-order chi connectivity index (χ1) is 41.0. The molecule has 0 aliphatic heterocycles. The number of carbonyl (C=O) groups is 3. The summed E-state index contributed by atoms with van der Waals surface area (Å²) in [6.45, 7) is 6.55. The zero-order chi connectivity index (χ0) is 59.9. The van der Waals surface area contributed by atoms with Gasteiger partial charge in [0.15, 0.2) is 6.10 Å². The van der Waals surface area contributed by atoms with Crippen LogP contribution in [0.5, 0.6) is 0 Å². The van der Waals surface area contributed by atoms with Crippen molar-refractivity contribution in [1.29, 1.82) is 0 Å². The number of rotatable bonds is 67. The van der Waals surface area contributed by atoms with Crippen molar-refractivity contribution >= 4 is 17.9 Å². The van der Waals surface area contributed by atoms with E-state index in [2.05, 4.69) is 93.7 Å². The molecule has 0 aromatic heterocycles. The minimum Gasteiger partial charge on any atom is -0.462 e. The lowest BCUT2D eigenvalue weighted by Gasteiger charge is -2.18. The second kappa shape index (κ2) is 71.3. The van der Waals surface area contributed by atoms with Crippen LogP contribution in [0.15, 0.2) is 72.9 Å². The average Bonchev–Trinajstić information content (AvgIpc) is 3.49. The van der Waals surface area contributed by atoms with Crippen LogP contribution in [0.3, 0.4) is 0 Å². The molecule has 83 heavy (non-hydrogen) atoms. The molecule has 0 rings (SSSR count). The Hall–Kier alpha value is -3.15. The van der Waals surface area contributed by atoms with Gasteiger partial charge in [0, 0.05) is 19.3 Å². The van der Waals surface area contributed by atoms with Gasteiger partial charge in [-0.15, -0.1) is 0 Å². The first-order valence-electron chi connectivity index (χ1n) is 36.4. The van der Waals surface area contributed by atoms with Gasteiger partial charge in [-0.3, -0.25) is 14.4 Å². The van der Waals surface area contributed by atoms with E-state index in [1.165, 1.54) is 257 Å². The number of allylic oxidation sites excluding steroid dienone is 12. The van der Waals surface area contributed by atoms with E-state index in [0.29, 0.717) is 19.3 Å². The van der Waals surface area contributed by atoms with E-state index >= 15 is 0 Å². The normalized spacial score (nSPS) is 12.5. The number of ether oxygens (including phenoxy) is 3. The summed E-state index contributed by atoms with van der Waals surface area (Å²) in [6.07, 6.45) is 93.8. The third kappa shape index (κ3) is 69.5. The van der Waals surface area contributed by atoms with Crippen LogP contribution in [-0.2, 0) is 28.6 Å². The molecule has 0 spiro atoms. The van der Waals surface area contributed by atoms with Gasteiger partial charge in [0.1, 0.15) is 13.2 Å². The van der Waals surface area contributed by atoms with Gasteiger partial charge in [0.25, 0.3) is 0 Å². The Morgan fingerprint density at radius 1 is 0.253 bits per heavy atom. The summed E-state index contributed by atoms with van der Waals surface area (Å²) in [5.41, 5.74) is 0. The summed E-state index contributed by atoms with van der Waals surface area (Å²) < 4.78 is 17.0. The lowest BCUT2D eigenvalue weighted by molar-refractivity contribution is -0.167. The molecule has 0 N–H and O–H groups in total. The maximum absolute atomic E-state index is 13.0. The molecule has 0 amide bonds. The highest BCUT2D eigenvalue weighted by Gasteiger charge is 2.19. The lowest BCUT2D eigenvalue weighted by Crippen LogP contribution is -2.30. The Kier molecular flexibility index (Phi) is 68.6. The molecule has 0 heterocycles. The first-order valence-corrected chi connectivity index (χ1v) is 36.4. The van der Waals surface area contributed by atoms with Crippen molar-refractivity contribution in [3.63, 3.8) is 0 Å². The Labute approximate surface area is 516 Å². The highest BCUT2D eigenvalue weighted by molar-refractivity contribution is 5.71. The topological polar surface area (TPSA) is 78.9 Å². The van der Waals surface area contributed by atoms with E-state index in [9.17, 15) is 14.4 Å². The molecule has 0 saturated heterocycles. The monoisotopic (exact) mass is 1160 g/mol. The molecule has 1 unspecified atom stereocenters. The van der Waals surface area contributed by atoms with Gasteiger partial charge in [-0.05, 0) is 109 Å². The summed E-state index contributed by atoms with van der Waals surface area (Å²) in [4.78, 5) is 38.5. The number of unbranched alkanes of at least 4 members (excludes halogenated alkanes) is 44. The largest absolute Gasteiger partial charge is 0.462 e. The van der Waals surface area contributed by atoms with Gasteiger partial charge in [-0.2, -0.15) is 0 Å². The predicted octanol–water partition coefficient (Wildman–Crippen LogP) is 25.2. The molecule has 0 fully saturated rings. The molecular weight excluding hydrogens is 1020 g/mol. The minimum absolute atomic E-state index is 0.0858.